The van der Waals surface area contributed by atoms with E-state index in [1.165, 1.54) is 21.9 Å². The van der Waals surface area contributed by atoms with Crippen LogP contribution in [-0.2, 0) is 6.42 Å². The number of hydrogen-bond acceptors (Lipinski definition) is 1. The second-order valence-corrected chi connectivity index (χ2v) is 4.71. The Hall–Kier alpha value is -2.28. The van der Waals surface area contributed by atoms with E-state index in [1.807, 2.05) is 12.1 Å². The lowest BCUT2D eigenvalue weighted by Crippen LogP contribution is -1.89. The highest BCUT2D eigenvalue weighted by Crippen LogP contribution is 2.19. The molecule has 19 heavy (non-hydrogen) atoms. The predicted molar refractivity (Wildman–Crippen MR) is 79.7 cm³/mol. The van der Waals surface area contributed by atoms with Crippen LogP contribution in [0.25, 0.3) is 10.8 Å². The minimum absolute atomic E-state index is 0.905. The van der Waals surface area contributed by atoms with Crippen LogP contribution in [-0.4, -0.2) is 7.11 Å². The number of methoxy groups -OCH3 is 1. The van der Waals surface area contributed by atoms with Gasteiger partial charge in [0.1, 0.15) is 5.75 Å². The van der Waals surface area contributed by atoms with Gasteiger partial charge in [-0.05, 0) is 40.5 Å². The summed E-state index contributed by atoms with van der Waals surface area (Å²) in [4.78, 5) is 0. The molecule has 0 bridgehead atoms. The zero-order valence-electron chi connectivity index (χ0n) is 11.0. The molecule has 0 aliphatic carbocycles. The molecule has 3 aromatic carbocycles. The fourth-order valence-corrected chi connectivity index (χ4v) is 2.33. The van der Waals surface area contributed by atoms with E-state index in [4.69, 9.17) is 4.74 Å². The van der Waals surface area contributed by atoms with Crippen molar-refractivity contribution in [3.8, 4) is 5.75 Å². The highest BCUT2D eigenvalue weighted by molar-refractivity contribution is 5.83. The van der Waals surface area contributed by atoms with Crippen LogP contribution in [0.1, 0.15) is 11.1 Å². The van der Waals surface area contributed by atoms with Crippen LogP contribution in [0, 0.1) is 0 Å². The van der Waals surface area contributed by atoms with Crippen molar-refractivity contribution in [2.24, 2.45) is 0 Å². The summed E-state index contributed by atoms with van der Waals surface area (Å²) in [5, 5.41) is 2.59. The fourth-order valence-electron chi connectivity index (χ4n) is 2.33. The monoisotopic (exact) mass is 248 g/mol. The quantitative estimate of drug-likeness (QED) is 0.666. The van der Waals surface area contributed by atoms with E-state index in [2.05, 4.69) is 54.6 Å². The summed E-state index contributed by atoms with van der Waals surface area (Å²) in [6, 6.07) is 23.4. The van der Waals surface area contributed by atoms with E-state index in [1.54, 1.807) is 7.11 Å². The minimum atomic E-state index is 0.905. The summed E-state index contributed by atoms with van der Waals surface area (Å²) in [6.45, 7) is 0. The molecular formula is C18H16O. The first-order valence-electron chi connectivity index (χ1n) is 6.46. The van der Waals surface area contributed by atoms with E-state index >= 15 is 0 Å². The number of rotatable bonds is 3. The Morgan fingerprint density at radius 2 is 1.42 bits per heavy atom. The smallest absolute Gasteiger partial charge is 0.118 e. The summed E-state index contributed by atoms with van der Waals surface area (Å²) in [6.07, 6.45) is 0.953. The highest BCUT2D eigenvalue weighted by Gasteiger charge is 1.99. The maximum atomic E-state index is 5.18. The van der Waals surface area contributed by atoms with Crippen LogP contribution < -0.4 is 4.74 Å². The van der Waals surface area contributed by atoms with Gasteiger partial charge in [0.2, 0.25) is 0 Å². The number of hydrogen-bond donors (Lipinski definition) is 0. The zero-order valence-corrected chi connectivity index (χ0v) is 11.0. The first kappa shape index (κ1) is 11.8. The van der Waals surface area contributed by atoms with E-state index in [9.17, 15) is 0 Å². The lowest BCUT2D eigenvalue weighted by atomic mass is 10.0. The molecule has 0 saturated heterocycles. The Bertz CT molecular complexity index is 683. The van der Waals surface area contributed by atoms with Crippen molar-refractivity contribution in [1.82, 2.24) is 0 Å². The molecule has 0 aliphatic heterocycles. The summed E-state index contributed by atoms with van der Waals surface area (Å²) in [7, 11) is 1.69. The summed E-state index contributed by atoms with van der Waals surface area (Å²) >= 11 is 0. The lowest BCUT2D eigenvalue weighted by molar-refractivity contribution is 0.414. The second-order valence-electron chi connectivity index (χ2n) is 4.71. The maximum Gasteiger partial charge on any atom is 0.118 e. The average molecular weight is 248 g/mol. The van der Waals surface area contributed by atoms with Crippen molar-refractivity contribution in [1.29, 1.82) is 0 Å². The standard InChI is InChI=1S/C18H16O/c1-19-18-10-7-14(8-11-18)12-15-6-9-16-4-2-3-5-17(16)13-15/h2-11,13H,12H2,1H3. The van der Waals surface area contributed by atoms with Gasteiger partial charge in [-0.25, -0.2) is 0 Å². The molecule has 0 radical (unpaired) electrons. The van der Waals surface area contributed by atoms with Crippen molar-refractivity contribution in [3.05, 3.63) is 77.9 Å². The van der Waals surface area contributed by atoms with Gasteiger partial charge in [0.15, 0.2) is 0 Å². The largest absolute Gasteiger partial charge is 0.497 e. The van der Waals surface area contributed by atoms with Gasteiger partial charge in [-0.1, -0.05) is 54.6 Å². The highest BCUT2D eigenvalue weighted by atomic mass is 16.5. The van der Waals surface area contributed by atoms with Gasteiger partial charge in [-0.15, -0.1) is 0 Å². The summed E-state index contributed by atoms with van der Waals surface area (Å²) < 4.78 is 5.18. The van der Waals surface area contributed by atoms with Gasteiger partial charge >= 0.3 is 0 Å². The number of ether oxygens (including phenoxy) is 1. The molecule has 0 saturated carbocycles. The van der Waals surface area contributed by atoms with Crippen LogP contribution in [0.15, 0.2) is 66.7 Å². The molecule has 0 unspecified atom stereocenters. The average Bonchev–Trinajstić information content (AvgIpc) is 2.48. The summed E-state index contributed by atoms with van der Waals surface area (Å²) in [5.74, 6) is 0.905. The SMILES string of the molecule is COc1ccc(Cc2ccc3ccccc3c2)cc1. The number of benzene rings is 3. The van der Waals surface area contributed by atoms with Crippen LogP contribution in [0.4, 0.5) is 0 Å². The maximum absolute atomic E-state index is 5.18. The van der Waals surface area contributed by atoms with Crippen LogP contribution in [0.3, 0.4) is 0 Å². The van der Waals surface area contributed by atoms with Crippen LogP contribution in [0.2, 0.25) is 0 Å². The third-order valence-electron chi connectivity index (χ3n) is 3.38. The molecule has 0 aliphatic rings. The summed E-state index contributed by atoms with van der Waals surface area (Å²) in [5.41, 5.74) is 2.64. The fraction of sp³-hybridized carbons (Fsp3) is 0.111. The predicted octanol–water partition coefficient (Wildman–Crippen LogP) is 4.44. The first-order chi connectivity index (χ1) is 9.35. The van der Waals surface area contributed by atoms with E-state index in [-0.39, 0.29) is 0 Å². The van der Waals surface area contributed by atoms with Gasteiger partial charge in [-0.3, -0.25) is 0 Å². The normalized spacial score (nSPS) is 10.6. The molecule has 0 N–H and O–H groups in total. The molecule has 94 valence electrons. The lowest BCUT2D eigenvalue weighted by Gasteiger charge is -2.05. The van der Waals surface area contributed by atoms with E-state index in [0.29, 0.717) is 0 Å². The van der Waals surface area contributed by atoms with E-state index < -0.39 is 0 Å². The van der Waals surface area contributed by atoms with Crippen molar-refractivity contribution >= 4 is 10.8 Å². The molecule has 0 heterocycles. The Kier molecular flexibility index (Phi) is 3.20. The van der Waals surface area contributed by atoms with Gasteiger partial charge in [0, 0.05) is 0 Å². The van der Waals surface area contributed by atoms with E-state index in [0.717, 1.165) is 12.2 Å². The third-order valence-corrected chi connectivity index (χ3v) is 3.38. The van der Waals surface area contributed by atoms with Gasteiger partial charge in [0.05, 0.1) is 7.11 Å². The topological polar surface area (TPSA) is 9.23 Å². The van der Waals surface area contributed by atoms with Gasteiger partial charge < -0.3 is 4.74 Å². The third kappa shape index (κ3) is 2.60. The molecule has 0 atom stereocenters. The molecule has 1 nitrogen and oxygen atoms in total. The van der Waals surface area contributed by atoms with Crippen LogP contribution >= 0.6 is 0 Å². The zero-order chi connectivity index (χ0) is 13.1. The van der Waals surface area contributed by atoms with Crippen molar-refractivity contribution in [3.63, 3.8) is 0 Å². The second kappa shape index (κ2) is 5.15. The molecule has 0 spiro atoms. The molecule has 0 amide bonds. The molecule has 0 aromatic heterocycles. The minimum Gasteiger partial charge on any atom is -0.497 e. The van der Waals surface area contributed by atoms with Gasteiger partial charge in [0.25, 0.3) is 0 Å². The molecule has 1 heteroatoms. The van der Waals surface area contributed by atoms with Crippen molar-refractivity contribution in [2.75, 3.05) is 7.11 Å². The Morgan fingerprint density at radius 3 is 2.16 bits per heavy atom. The number of fused-ring (bicyclic) bond motifs is 1. The Morgan fingerprint density at radius 1 is 0.737 bits per heavy atom. The first-order valence-corrected chi connectivity index (χ1v) is 6.46. The molecular weight excluding hydrogens is 232 g/mol. The molecule has 0 fully saturated rings. The molecule has 3 aromatic rings. The molecule has 3 rings (SSSR count). The van der Waals surface area contributed by atoms with Crippen molar-refractivity contribution in [2.45, 2.75) is 6.42 Å². The Labute approximate surface area is 113 Å². The van der Waals surface area contributed by atoms with Crippen molar-refractivity contribution < 1.29 is 4.74 Å². The van der Waals surface area contributed by atoms with Gasteiger partial charge in [-0.2, -0.15) is 0 Å². The van der Waals surface area contributed by atoms with Crippen LogP contribution in [0.5, 0.6) is 5.75 Å². The Balaban J connectivity index is 1.87.